The normalized spacial score (nSPS) is 11.9. The van der Waals surface area contributed by atoms with Crippen molar-refractivity contribution in [3.05, 3.63) is 63.1 Å². The zero-order valence-corrected chi connectivity index (χ0v) is 19.5. The van der Waals surface area contributed by atoms with Gasteiger partial charge in [0.1, 0.15) is 0 Å². The first-order valence-corrected chi connectivity index (χ1v) is 11.4. The lowest BCUT2D eigenvalue weighted by molar-refractivity contribution is -0.118. The van der Waals surface area contributed by atoms with Crippen LogP contribution in [-0.2, 0) is 17.8 Å². The summed E-state index contributed by atoms with van der Waals surface area (Å²) in [6, 6.07) is 12.1. The number of carbonyl (C=O) groups excluding carboxylic acids is 1. The van der Waals surface area contributed by atoms with E-state index < -0.39 is 0 Å². The zero-order valence-electron chi connectivity index (χ0n) is 15.6. The molecule has 0 fully saturated rings. The van der Waals surface area contributed by atoms with Gasteiger partial charge in [0.25, 0.3) is 0 Å². The lowest BCUT2D eigenvalue weighted by Crippen LogP contribution is -2.23. The molecule has 1 unspecified atom stereocenters. The van der Waals surface area contributed by atoms with Crippen molar-refractivity contribution in [2.45, 2.75) is 32.2 Å². The number of rotatable bonds is 10. The van der Waals surface area contributed by atoms with Gasteiger partial charge in [0.05, 0.1) is 22.0 Å². The van der Waals surface area contributed by atoms with E-state index in [0.29, 0.717) is 46.1 Å². The molecule has 0 saturated heterocycles. The molecule has 0 aliphatic carbocycles. The molecule has 7 heteroatoms. The Morgan fingerprint density at radius 2 is 1.79 bits per heavy atom. The molecule has 1 N–H and O–H groups in total. The first-order chi connectivity index (χ1) is 13.4. The molecule has 2 aromatic rings. The van der Waals surface area contributed by atoms with Crippen LogP contribution in [0.25, 0.3) is 0 Å². The van der Waals surface area contributed by atoms with Crippen molar-refractivity contribution in [1.29, 1.82) is 0 Å². The van der Waals surface area contributed by atoms with Gasteiger partial charge < -0.3 is 10.1 Å². The fraction of sp³-hybridized carbons (Fsp3) is 0.381. The smallest absolute Gasteiger partial charge is 0.230 e. The SMILES string of the molecule is CC(Cc1cc(Cl)c(OCCCCl)c(Cl)c1)c1ccc(CNC(=O)CBr)cc1. The molecular formula is C21H23BrCl3NO2. The van der Waals surface area contributed by atoms with Gasteiger partial charge in [0.2, 0.25) is 5.91 Å². The Morgan fingerprint density at radius 1 is 1.14 bits per heavy atom. The molecule has 0 heterocycles. The Hall–Kier alpha value is -0.940. The minimum Gasteiger partial charge on any atom is -0.490 e. The maximum Gasteiger partial charge on any atom is 0.230 e. The summed E-state index contributed by atoms with van der Waals surface area (Å²) >= 11 is 21.5. The number of carbonyl (C=O) groups is 1. The summed E-state index contributed by atoms with van der Waals surface area (Å²) < 4.78 is 5.63. The van der Waals surface area contributed by atoms with Crippen LogP contribution in [0.1, 0.15) is 36.0 Å². The standard InChI is InChI=1S/C21H23BrCl3NO2/c1-14(17-5-3-15(4-6-17)13-26-20(27)12-22)9-16-10-18(24)21(19(25)11-16)28-8-2-7-23/h3-6,10-11,14H,2,7-9,12-13H2,1H3,(H,26,27). The topological polar surface area (TPSA) is 38.3 Å². The molecule has 0 bridgehead atoms. The first kappa shape index (κ1) is 23.3. The van der Waals surface area contributed by atoms with Crippen molar-refractivity contribution >= 4 is 56.6 Å². The number of nitrogens with one attached hydrogen (secondary N) is 1. The fourth-order valence-corrected chi connectivity index (χ4v) is 3.73. The molecule has 0 aliphatic rings. The zero-order chi connectivity index (χ0) is 20.5. The largest absolute Gasteiger partial charge is 0.490 e. The van der Waals surface area contributed by atoms with Crippen LogP contribution in [0, 0.1) is 0 Å². The Balaban J connectivity index is 2.00. The summed E-state index contributed by atoms with van der Waals surface area (Å²) in [4.78, 5) is 11.3. The Kier molecular flexibility index (Phi) is 9.93. The van der Waals surface area contributed by atoms with E-state index in [-0.39, 0.29) is 5.91 Å². The molecule has 2 rings (SSSR count). The second-order valence-electron chi connectivity index (χ2n) is 6.54. The van der Waals surface area contributed by atoms with E-state index >= 15 is 0 Å². The van der Waals surface area contributed by atoms with Gasteiger partial charge in [0.15, 0.2) is 5.75 Å². The second-order valence-corrected chi connectivity index (χ2v) is 8.29. The van der Waals surface area contributed by atoms with Crippen LogP contribution >= 0.6 is 50.7 Å². The third-order valence-corrected chi connectivity index (χ3v) is 5.62. The molecular weight excluding hydrogens is 484 g/mol. The van der Waals surface area contributed by atoms with Gasteiger partial charge in [-0.15, -0.1) is 11.6 Å². The molecule has 1 amide bonds. The number of hydrogen-bond donors (Lipinski definition) is 1. The highest BCUT2D eigenvalue weighted by Gasteiger charge is 2.13. The third-order valence-electron chi connectivity index (χ3n) is 4.28. The molecule has 1 atom stereocenters. The number of hydrogen-bond acceptors (Lipinski definition) is 2. The van der Waals surface area contributed by atoms with Crippen molar-refractivity contribution in [3.63, 3.8) is 0 Å². The molecule has 152 valence electrons. The van der Waals surface area contributed by atoms with Crippen molar-refractivity contribution < 1.29 is 9.53 Å². The molecule has 0 spiro atoms. The van der Waals surface area contributed by atoms with Crippen molar-refractivity contribution in [1.82, 2.24) is 5.32 Å². The molecule has 0 aliphatic heterocycles. The van der Waals surface area contributed by atoms with E-state index in [1.54, 1.807) is 0 Å². The molecule has 3 nitrogen and oxygen atoms in total. The molecule has 0 aromatic heterocycles. The van der Waals surface area contributed by atoms with Crippen LogP contribution in [0.5, 0.6) is 5.75 Å². The maximum absolute atomic E-state index is 11.3. The van der Waals surface area contributed by atoms with Gasteiger partial charge in [-0.05, 0) is 47.6 Å². The Morgan fingerprint density at radius 3 is 2.36 bits per heavy atom. The highest BCUT2D eigenvalue weighted by molar-refractivity contribution is 9.09. The maximum atomic E-state index is 11.3. The fourth-order valence-electron chi connectivity index (χ4n) is 2.78. The van der Waals surface area contributed by atoms with Gasteiger partial charge in [-0.2, -0.15) is 0 Å². The van der Waals surface area contributed by atoms with E-state index in [2.05, 4.69) is 40.3 Å². The lowest BCUT2D eigenvalue weighted by atomic mass is 9.93. The van der Waals surface area contributed by atoms with E-state index in [9.17, 15) is 4.79 Å². The summed E-state index contributed by atoms with van der Waals surface area (Å²) in [6.45, 7) is 3.17. The number of alkyl halides is 2. The minimum atomic E-state index is -0.0266. The summed E-state index contributed by atoms with van der Waals surface area (Å²) in [6.07, 6.45) is 1.55. The van der Waals surface area contributed by atoms with Crippen LogP contribution in [0.3, 0.4) is 0 Å². The van der Waals surface area contributed by atoms with Crippen molar-refractivity contribution in [3.8, 4) is 5.75 Å². The molecule has 2 aromatic carbocycles. The molecule has 0 saturated carbocycles. The highest BCUT2D eigenvalue weighted by Crippen LogP contribution is 2.35. The summed E-state index contributed by atoms with van der Waals surface area (Å²) in [5.41, 5.74) is 3.33. The van der Waals surface area contributed by atoms with E-state index in [4.69, 9.17) is 39.5 Å². The monoisotopic (exact) mass is 505 g/mol. The molecule has 0 radical (unpaired) electrons. The van der Waals surface area contributed by atoms with Crippen molar-refractivity contribution in [2.24, 2.45) is 0 Å². The number of amides is 1. The van der Waals surface area contributed by atoms with Crippen LogP contribution in [-0.4, -0.2) is 23.7 Å². The van der Waals surface area contributed by atoms with Crippen molar-refractivity contribution in [2.75, 3.05) is 17.8 Å². The van der Waals surface area contributed by atoms with Crippen LogP contribution in [0.2, 0.25) is 10.0 Å². The summed E-state index contributed by atoms with van der Waals surface area (Å²) in [7, 11) is 0. The highest BCUT2D eigenvalue weighted by atomic mass is 79.9. The lowest BCUT2D eigenvalue weighted by Gasteiger charge is -2.15. The van der Waals surface area contributed by atoms with Gasteiger partial charge in [-0.3, -0.25) is 4.79 Å². The predicted molar refractivity (Wildman–Crippen MR) is 121 cm³/mol. The van der Waals surface area contributed by atoms with E-state index in [1.165, 1.54) is 5.56 Å². The van der Waals surface area contributed by atoms with E-state index in [0.717, 1.165) is 24.0 Å². The minimum absolute atomic E-state index is 0.0266. The third kappa shape index (κ3) is 7.14. The number of halogens is 4. The number of benzene rings is 2. The second kappa shape index (κ2) is 11.9. The molecule has 28 heavy (non-hydrogen) atoms. The summed E-state index contributed by atoms with van der Waals surface area (Å²) in [5.74, 6) is 1.31. The quantitative estimate of drug-likeness (QED) is 0.300. The van der Waals surface area contributed by atoms with Crippen LogP contribution < -0.4 is 10.1 Å². The Bertz CT molecular complexity index is 761. The van der Waals surface area contributed by atoms with Gasteiger partial charge in [-0.1, -0.05) is 70.3 Å². The van der Waals surface area contributed by atoms with Crippen LogP contribution in [0.4, 0.5) is 0 Å². The van der Waals surface area contributed by atoms with Gasteiger partial charge in [-0.25, -0.2) is 0 Å². The van der Waals surface area contributed by atoms with Gasteiger partial charge in [0, 0.05) is 12.4 Å². The van der Waals surface area contributed by atoms with E-state index in [1.807, 2.05) is 24.3 Å². The predicted octanol–water partition coefficient (Wildman–Crippen LogP) is 6.36. The first-order valence-electron chi connectivity index (χ1n) is 9.02. The Labute approximate surface area is 189 Å². The van der Waals surface area contributed by atoms with Gasteiger partial charge >= 0.3 is 0 Å². The summed E-state index contributed by atoms with van der Waals surface area (Å²) in [5, 5.41) is 4.18. The average Bonchev–Trinajstić information content (AvgIpc) is 2.68. The number of ether oxygens (including phenoxy) is 1. The average molecular weight is 508 g/mol. The van der Waals surface area contributed by atoms with Crippen LogP contribution in [0.15, 0.2) is 36.4 Å².